The van der Waals surface area contributed by atoms with Crippen LogP contribution < -0.4 is 9.64 Å². The highest BCUT2D eigenvalue weighted by Crippen LogP contribution is 2.34. The molecular formula is C13H15NO5. The van der Waals surface area contributed by atoms with Crippen molar-refractivity contribution < 1.29 is 24.2 Å². The van der Waals surface area contributed by atoms with Crippen LogP contribution in [0.15, 0.2) is 18.2 Å². The number of amides is 1. The highest BCUT2D eigenvalue weighted by Gasteiger charge is 2.27. The number of carboxylic acid groups (broad SMARTS) is 1. The molecule has 0 unspecified atom stereocenters. The number of hydrogen-bond acceptors (Lipinski definition) is 4. The third kappa shape index (κ3) is 2.68. The molecule has 0 saturated carbocycles. The van der Waals surface area contributed by atoms with Crippen molar-refractivity contribution in [3.05, 3.63) is 23.8 Å². The van der Waals surface area contributed by atoms with E-state index in [1.807, 2.05) is 6.92 Å². The van der Waals surface area contributed by atoms with Crippen LogP contribution in [0.3, 0.4) is 0 Å². The van der Waals surface area contributed by atoms with Crippen molar-refractivity contribution >= 4 is 17.6 Å². The summed E-state index contributed by atoms with van der Waals surface area (Å²) in [5.74, 6) is -1.03. The molecule has 0 radical (unpaired) electrons. The van der Waals surface area contributed by atoms with Gasteiger partial charge in [0.2, 0.25) is 0 Å². The largest absolute Gasteiger partial charge is 0.489 e. The molecule has 6 nitrogen and oxygen atoms in total. The van der Waals surface area contributed by atoms with Crippen LogP contribution in [-0.4, -0.2) is 43.3 Å². The summed E-state index contributed by atoms with van der Waals surface area (Å²) in [7, 11) is 0. The lowest BCUT2D eigenvalue weighted by Crippen LogP contribution is -2.40. The molecule has 0 fully saturated rings. The number of anilines is 1. The lowest BCUT2D eigenvalue weighted by atomic mass is 10.1. The third-order valence-corrected chi connectivity index (χ3v) is 2.81. The first kappa shape index (κ1) is 13.4. The van der Waals surface area contributed by atoms with Gasteiger partial charge in [-0.2, -0.15) is 0 Å². The third-order valence-electron chi connectivity index (χ3n) is 2.81. The van der Waals surface area contributed by atoms with E-state index in [1.165, 1.54) is 11.0 Å². The summed E-state index contributed by atoms with van der Waals surface area (Å²) in [4.78, 5) is 24.6. The van der Waals surface area contributed by atoms with Crippen molar-refractivity contribution in [1.29, 1.82) is 0 Å². The Bertz CT molecular complexity index is 500. The van der Waals surface area contributed by atoms with Gasteiger partial charge >= 0.3 is 5.97 Å². The fourth-order valence-electron chi connectivity index (χ4n) is 1.94. The summed E-state index contributed by atoms with van der Waals surface area (Å²) < 4.78 is 10.5. The number of carbonyl (C=O) groups excluding carboxylic acids is 1. The van der Waals surface area contributed by atoms with E-state index in [1.54, 1.807) is 12.1 Å². The minimum atomic E-state index is -1.07. The zero-order valence-electron chi connectivity index (χ0n) is 10.6. The molecule has 0 spiro atoms. The standard InChI is InChI=1S/C13H15NO5/c1-2-18-8-11(15)14-6-7-19-12-9(13(16)17)4-3-5-10(12)14/h3-5H,2,6-8H2,1H3,(H,16,17). The number of ether oxygens (including phenoxy) is 2. The molecule has 1 N–H and O–H groups in total. The second kappa shape index (κ2) is 5.71. The van der Waals surface area contributed by atoms with Crippen molar-refractivity contribution in [1.82, 2.24) is 0 Å². The number of aromatic carboxylic acids is 1. The van der Waals surface area contributed by atoms with Crippen LogP contribution >= 0.6 is 0 Å². The van der Waals surface area contributed by atoms with Gasteiger partial charge in [-0.25, -0.2) is 4.79 Å². The summed E-state index contributed by atoms with van der Waals surface area (Å²) in [5, 5.41) is 9.10. The number of fused-ring (bicyclic) bond motifs is 1. The smallest absolute Gasteiger partial charge is 0.339 e. The first-order valence-electron chi connectivity index (χ1n) is 6.02. The lowest BCUT2D eigenvalue weighted by Gasteiger charge is -2.30. The van der Waals surface area contributed by atoms with Crippen molar-refractivity contribution in [3.8, 4) is 5.75 Å². The minimum Gasteiger partial charge on any atom is -0.489 e. The average Bonchev–Trinajstić information content (AvgIpc) is 2.43. The Morgan fingerprint density at radius 1 is 1.47 bits per heavy atom. The van der Waals surface area contributed by atoms with E-state index in [9.17, 15) is 9.59 Å². The molecule has 1 amide bonds. The van der Waals surface area contributed by atoms with E-state index in [2.05, 4.69) is 0 Å². The second-order valence-electron chi connectivity index (χ2n) is 3.99. The van der Waals surface area contributed by atoms with Gasteiger partial charge < -0.3 is 19.5 Å². The van der Waals surface area contributed by atoms with E-state index in [0.717, 1.165) is 0 Å². The Hall–Kier alpha value is -2.08. The Morgan fingerprint density at radius 3 is 2.95 bits per heavy atom. The number of carboxylic acids is 1. The average molecular weight is 265 g/mol. The SMILES string of the molecule is CCOCC(=O)N1CCOc2c(C(=O)O)cccc21. The number of rotatable bonds is 4. The van der Waals surface area contributed by atoms with Crippen molar-refractivity contribution in [2.24, 2.45) is 0 Å². The van der Waals surface area contributed by atoms with Crippen LogP contribution in [0, 0.1) is 0 Å². The van der Waals surface area contributed by atoms with Crippen LogP contribution in [0.25, 0.3) is 0 Å². The number of benzene rings is 1. The lowest BCUT2D eigenvalue weighted by molar-refractivity contribution is -0.123. The van der Waals surface area contributed by atoms with E-state index in [0.29, 0.717) is 18.8 Å². The molecule has 1 aromatic carbocycles. The van der Waals surface area contributed by atoms with Gasteiger partial charge in [0, 0.05) is 6.61 Å². The van der Waals surface area contributed by atoms with E-state index >= 15 is 0 Å². The summed E-state index contributed by atoms with van der Waals surface area (Å²) in [6.45, 7) is 2.91. The van der Waals surface area contributed by atoms with Crippen LogP contribution in [0.4, 0.5) is 5.69 Å². The number of hydrogen-bond donors (Lipinski definition) is 1. The number of para-hydroxylation sites is 1. The maximum atomic E-state index is 12.0. The molecule has 0 aromatic heterocycles. The maximum Gasteiger partial charge on any atom is 0.339 e. The molecule has 6 heteroatoms. The summed E-state index contributed by atoms with van der Waals surface area (Å²) in [5.41, 5.74) is 0.544. The molecule has 0 atom stereocenters. The highest BCUT2D eigenvalue weighted by atomic mass is 16.5. The molecule has 1 heterocycles. The minimum absolute atomic E-state index is 0.0206. The van der Waals surface area contributed by atoms with E-state index < -0.39 is 5.97 Å². The zero-order valence-corrected chi connectivity index (χ0v) is 10.6. The Labute approximate surface area is 110 Å². The summed E-state index contributed by atoms with van der Waals surface area (Å²) >= 11 is 0. The van der Waals surface area contributed by atoms with Gasteiger partial charge in [0.1, 0.15) is 18.8 Å². The molecule has 0 aliphatic carbocycles. The van der Waals surface area contributed by atoms with Gasteiger partial charge in [0.25, 0.3) is 5.91 Å². The molecule has 1 aliphatic rings. The quantitative estimate of drug-likeness (QED) is 0.883. The number of nitrogens with zero attached hydrogens (tertiary/aromatic N) is 1. The first-order valence-corrected chi connectivity index (χ1v) is 6.02. The molecule has 0 saturated heterocycles. The number of carbonyl (C=O) groups is 2. The topological polar surface area (TPSA) is 76.1 Å². The molecule has 102 valence electrons. The monoisotopic (exact) mass is 265 g/mol. The second-order valence-corrected chi connectivity index (χ2v) is 3.99. The summed E-state index contributed by atoms with van der Waals surface area (Å²) in [6, 6.07) is 4.72. The predicted molar refractivity (Wildman–Crippen MR) is 67.7 cm³/mol. The Morgan fingerprint density at radius 2 is 2.26 bits per heavy atom. The molecule has 1 aromatic rings. The first-order chi connectivity index (χ1) is 9.15. The molecule has 0 bridgehead atoms. The zero-order chi connectivity index (χ0) is 13.8. The molecule has 2 rings (SSSR count). The van der Waals surface area contributed by atoms with Crippen LogP contribution in [-0.2, 0) is 9.53 Å². The highest BCUT2D eigenvalue weighted by molar-refractivity contribution is 6.00. The molecular weight excluding hydrogens is 250 g/mol. The molecule has 1 aliphatic heterocycles. The fraction of sp³-hybridized carbons (Fsp3) is 0.385. The van der Waals surface area contributed by atoms with Crippen LogP contribution in [0.1, 0.15) is 17.3 Å². The van der Waals surface area contributed by atoms with Gasteiger partial charge in [-0.3, -0.25) is 4.79 Å². The summed E-state index contributed by atoms with van der Waals surface area (Å²) in [6.07, 6.45) is 0. The van der Waals surface area contributed by atoms with Gasteiger partial charge in [-0.15, -0.1) is 0 Å². The molecule has 19 heavy (non-hydrogen) atoms. The van der Waals surface area contributed by atoms with Crippen molar-refractivity contribution in [2.45, 2.75) is 6.92 Å². The Kier molecular flexibility index (Phi) is 4.01. The van der Waals surface area contributed by atoms with Crippen molar-refractivity contribution in [3.63, 3.8) is 0 Å². The van der Waals surface area contributed by atoms with Gasteiger partial charge in [-0.1, -0.05) is 6.07 Å². The van der Waals surface area contributed by atoms with E-state index in [4.69, 9.17) is 14.6 Å². The van der Waals surface area contributed by atoms with Crippen LogP contribution in [0.2, 0.25) is 0 Å². The maximum absolute atomic E-state index is 12.0. The van der Waals surface area contributed by atoms with Crippen molar-refractivity contribution in [2.75, 3.05) is 31.3 Å². The van der Waals surface area contributed by atoms with E-state index in [-0.39, 0.29) is 30.4 Å². The van der Waals surface area contributed by atoms with Gasteiger partial charge in [-0.05, 0) is 19.1 Å². The predicted octanol–water partition coefficient (Wildman–Crippen LogP) is 1.15. The fourth-order valence-corrected chi connectivity index (χ4v) is 1.94. The normalized spacial score (nSPS) is 13.6. The van der Waals surface area contributed by atoms with Gasteiger partial charge in [0.15, 0.2) is 5.75 Å². The van der Waals surface area contributed by atoms with Gasteiger partial charge in [0.05, 0.1) is 12.2 Å². The van der Waals surface area contributed by atoms with Crippen LogP contribution in [0.5, 0.6) is 5.75 Å². The Balaban J connectivity index is 2.32.